The third-order valence-electron chi connectivity index (χ3n) is 4.67. The van der Waals surface area contributed by atoms with Gasteiger partial charge in [-0.15, -0.1) is 11.3 Å². The van der Waals surface area contributed by atoms with E-state index in [4.69, 9.17) is 4.52 Å². The molecule has 9 heteroatoms. The average molecular weight is 456 g/mol. The van der Waals surface area contributed by atoms with Gasteiger partial charge in [0.05, 0.1) is 17.7 Å². The second-order valence-corrected chi connectivity index (χ2v) is 8.76. The monoisotopic (exact) mass is 456 g/mol. The number of thiazole rings is 1. The summed E-state index contributed by atoms with van der Waals surface area (Å²) in [6.07, 6.45) is 1.74. The molecule has 1 N–H and O–H groups in total. The second-order valence-electron chi connectivity index (χ2n) is 6.70. The second kappa shape index (κ2) is 9.16. The first-order chi connectivity index (χ1) is 15.0. The smallest absolute Gasteiger partial charge is 0.291 e. The molecule has 1 unspecified atom stereocenters. The van der Waals surface area contributed by atoms with Gasteiger partial charge in [0.1, 0.15) is 11.5 Å². The Morgan fingerprint density at radius 1 is 1.23 bits per heavy atom. The summed E-state index contributed by atoms with van der Waals surface area (Å²) in [7, 11) is -2.12. The minimum absolute atomic E-state index is 0.132. The van der Waals surface area contributed by atoms with Crippen molar-refractivity contribution in [1.82, 2.24) is 9.32 Å². The van der Waals surface area contributed by atoms with Gasteiger partial charge in [-0.05, 0) is 23.8 Å². The van der Waals surface area contributed by atoms with Gasteiger partial charge in [-0.25, -0.2) is 9.37 Å². The molecule has 2 aromatic carbocycles. The molecular weight excluding hydrogens is 438 g/mol. The molecule has 4 rings (SSSR count). The van der Waals surface area contributed by atoms with Gasteiger partial charge in [-0.2, -0.15) is 0 Å². The van der Waals surface area contributed by atoms with Gasteiger partial charge in [-0.3, -0.25) is 13.9 Å². The Bertz CT molecular complexity index is 1260. The van der Waals surface area contributed by atoms with Gasteiger partial charge in [0, 0.05) is 23.4 Å². The molecule has 0 saturated heterocycles. The minimum atomic E-state index is -2.12. The van der Waals surface area contributed by atoms with Crippen LogP contribution in [0.1, 0.15) is 44.8 Å². The Hall–Kier alpha value is -2.77. The lowest BCUT2D eigenvalue weighted by Crippen LogP contribution is -2.03. The molecular formula is C22H18FN2O4PS. The highest BCUT2D eigenvalue weighted by Gasteiger charge is 2.24. The van der Waals surface area contributed by atoms with Crippen LogP contribution in [0.3, 0.4) is 0 Å². The predicted octanol–water partition coefficient (Wildman–Crippen LogP) is 5.34. The fourth-order valence-corrected chi connectivity index (χ4v) is 4.82. The maximum atomic E-state index is 14.0. The summed E-state index contributed by atoms with van der Waals surface area (Å²) in [6.45, 7) is 1.90. The fourth-order valence-electron chi connectivity index (χ4n) is 3.08. The zero-order valence-electron chi connectivity index (χ0n) is 16.5. The van der Waals surface area contributed by atoms with Crippen molar-refractivity contribution < 1.29 is 23.4 Å². The molecule has 0 aliphatic heterocycles. The number of rotatable bonds is 8. The standard InChI is InChI=1S/C22H18FN2O4PS/c1-2-20(26)18-13-31-22(24-18)21(27)17-11-25(19-9-8-15(23)10-16(17)19)30(28)29-12-14-6-4-3-5-7-14/h3-11,13,28H,2,12H2,1H3. The maximum Gasteiger partial charge on any atom is 0.291 e. The van der Waals surface area contributed by atoms with Gasteiger partial charge < -0.3 is 9.42 Å². The van der Waals surface area contributed by atoms with E-state index in [0.29, 0.717) is 10.9 Å². The van der Waals surface area contributed by atoms with E-state index >= 15 is 0 Å². The Morgan fingerprint density at radius 2 is 2.00 bits per heavy atom. The summed E-state index contributed by atoms with van der Waals surface area (Å²) >= 11 is 1.06. The van der Waals surface area contributed by atoms with Crippen molar-refractivity contribution in [3.8, 4) is 0 Å². The molecule has 0 aliphatic carbocycles. The third-order valence-corrected chi connectivity index (χ3v) is 6.57. The highest BCUT2D eigenvalue weighted by atomic mass is 32.1. The van der Waals surface area contributed by atoms with Crippen molar-refractivity contribution in [3.63, 3.8) is 0 Å². The molecule has 4 aromatic rings. The number of hydrogen-bond donors (Lipinski definition) is 1. The summed E-state index contributed by atoms with van der Waals surface area (Å²) in [5.41, 5.74) is 1.78. The number of fused-ring (bicyclic) bond motifs is 1. The average Bonchev–Trinajstić information content (AvgIpc) is 3.42. The summed E-state index contributed by atoms with van der Waals surface area (Å²) in [4.78, 5) is 39.8. The Labute approximate surface area is 182 Å². The number of carbonyl (C=O) groups excluding carboxylic acids is 2. The Morgan fingerprint density at radius 3 is 2.74 bits per heavy atom. The van der Waals surface area contributed by atoms with E-state index in [2.05, 4.69) is 4.98 Å². The number of ketones is 2. The van der Waals surface area contributed by atoms with Crippen LogP contribution < -0.4 is 0 Å². The number of carbonyl (C=O) groups is 2. The number of hydrogen-bond acceptors (Lipinski definition) is 6. The summed E-state index contributed by atoms with van der Waals surface area (Å²) in [5.74, 6) is -1.11. The van der Waals surface area contributed by atoms with Crippen LogP contribution in [0.15, 0.2) is 60.1 Å². The zero-order chi connectivity index (χ0) is 22.0. The van der Waals surface area contributed by atoms with Crippen molar-refractivity contribution in [2.24, 2.45) is 0 Å². The van der Waals surface area contributed by atoms with E-state index in [1.807, 2.05) is 30.3 Å². The molecule has 6 nitrogen and oxygen atoms in total. The van der Waals surface area contributed by atoms with Crippen LogP contribution in [-0.2, 0) is 11.1 Å². The van der Waals surface area contributed by atoms with Crippen LogP contribution in [0.2, 0.25) is 0 Å². The summed E-state index contributed by atoms with van der Waals surface area (Å²) < 4.78 is 21.0. The van der Waals surface area contributed by atoms with Gasteiger partial charge in [-0.1, -0.05) is 37.3 Å². The summed E-state index contributed by atoms with van der Waals surface area (Å²) in [6, 6.07) is 13.4. The number of Topliss-reactive ketones (excluding diaryl/α,β-unsaturated/α-hetero) is 1. The van der Waals surface area contributed by atoms with Gasteiger partial charge >= 0.3 is 0 Å². The van der Waals surface area contributed by atoms with E-state index in [1.165, 1.54) is 28.7 Å². The molecule has 0 amide bonds. The first-order valence-electron chi connectivity index (χ1n) is 9.48. The lowest BCUT2D eigenvalue weighted by atomic mass is 10.1. The van der Waals surface area contributed by atoms with Crippen LogP contribution in [-0.4, -0.2) is 25.8 Å². The quantitative estimate of drug-likeness (QED) is 0.286. The van der Waals surface area contributed by atoms with Crippen LogP contribution in [0, 0.1) is 5.82 Å². The number of aromatic nitrogens is 2. The zero-order valence-corrected chi connectivity index (χ0v) is 18.2. The molecule has 0 saturated carbocycles. The van der Waals surface area contributed by atoms with Gasteiger partial charge in [0.25, 0.3) is 8.53 Å². The van der Waals surface area contributed by atoms with Crippen molar-refractivity contribution in [1.29, 1.82) is 0 Å². The molecule has 0 fully saturated rings. The van der Waals surface area contributed by atoms with E-state index in [9.17, 15) is 18.9 Å². The fraction of sp³-hybridized carbons (Fsp3) is 0.136. The van der Waals surface area contributed by atoms with E-state index in [0.717, 1.165) is 16.9 Å². The van der Waals surface area contributed by atoms with Gasteiger partial charge in [0.15, 0.2) is 10.8 Å². The topological polar surface area (TPSA) is 81.4 Å². The highest BCUT2D eigenvalue weighted by Crippen LogP contribution is 2.41. The molecule has 1 atom stereocenters. The number of benzene rings is 2. The first kappa shape index (κ1) is 21.5. The molecule has 2 aromatic heterocycles. The van der Waals surface area contributed by atoms with E-state index in [-0.39, 0.29) is 35.1 Å². The Kier molecular flexibility index (Phi) is 6.34. The van der Waals surface area contributed by atoms with Crippen LogP contribution in [0.4, 0.5) is 4.39 Å². The number of halogens is 1. The Balaban J connectivity index is 1.67. The minimum Gasteiger partial charge on any atom is -0.333 e. The first-order valence-corrected chi connectivity index (χ1v) is 11.5. The van der Waals surface area contributed by atoms with Crippen molar-refractivity contribution >= 4 is 42.3 Å². The lowest BCUT2D eigenvalue weighted by molar-refractivity contribution is 0.0984. The molecule has 0 spiro atoms. The van der Waals surface area contributed by atoms with E-state index in [1.54, 1.807) is 12.3 Å². The van der Waals surface area contributed by atoms with Gasteiger partial charge in [0.2, 0.25) is 5.78 Å². The third kappa shape index (κ3) is 4.48. The highest BCUT2D eigenvalue weighted by molar-refractivity contribution is 7.44. The molecule has 0 bridgehead atoms. The van der Waals surface area contributed by atoms with Crippen LogP contribution >= 0.6 is 19.9 Å². The SMILES string of the molecule is CCC(=O)c1csc(C(=O)c2cn(P(O)OCc3ccccc3)c3ccc(F)cc23)n1. The van der Waals surface area contributed by atoms with Crippen molar-refractivity contribution in [2.45, 2.75) is 20.0 Å². The summed E-state index contributed by atoms with van der Waals surface area (Å²) in [5, 5.41) is 2.02. The molecule has 2 heterocycles. The van der Waals surface area contributed by atoms with E-state index < -0.39 is 20.1 Å². The van der Waals surface area contributed by atoms with Crippen molar-refractivity contribution in [2.75, 3.05) is 0 Å². The predicted molar refractivity (Wildman–Crippen MR) is 118 cm³/mol. The van der Waals surface area contributed by atoms with Crippen molar-refractivity contribution in [3.05, 3.63) is 87.8 Å². The number of nitrogens with zero attached hydrogens (tertiary/aromatic N) is 2. The maximum absolute atomic E-state index is 14.0. The van der Waals surface area contributed by atoms with Crippen LogP contribution in [0.25, 0.3) is 10.9 Å². The molecule has 31 heavy (non-hydrogen) atoms. The van der Waals surface area contributed by atoms with Crippen LogP contribution in [0.5, 0.6) is 0 Å². The molecule has 158 valence electrons. The largest absolute Gasteiger partial charge is 0.333 e. The normalized spacial score (nSPS) is 12.2. The molecule has 0 radical (unpaired) electrons. The molecule has 0 aliphatic rings. The lowest BCUT2D eigenvalue weighted by Gasteiger charge is -2.13.